The molecule has 2 atom stereocenters. The first-order valence-electron chi connectivity index (χ1n) is 13.0. The van der Waals surface area contributed by atoms with E-state index in [1.807, 2.05) is 24.3 Å². The molecule has 192 valence electrons. The Morgan fingerprint density at radius 3 is 2.14 bits per heavy atom. The van der Waals surface area contributed by atoms with Crippen LogP contribution in [0.15, 0.2) is 59.1 Å². The smallest absolute Gasteiger partial charge is 0.257 e. The molecule has 0 spiro atoms. The molecule has 5 nitrogen and oxygen atoms in total. The molecule has 36 heavy (non-hydrogen) atoms. The fraction of sp³-hybridized carbons (Fsp3) is 0.448. The number of carbonyl (C=O) groups is 2. The van der Waals surface area contributed by atoms with Gasteiger partial charge in [0.15, 0.2) is 0 Å². The molecule has 1 saturated carbocycles. The maximum atomic E-state index is 13.7. The lowest BCUT2D eigenvalue weighted by molar-refractivity contribution is -0.113. The summed E-state index contributed by atoms with van der Waals surface area (Å²) in [6.07, 6.45) is 11.8. The van der Waals surface area contributed by atoms with E-state index in [1.165, 1.54) is 38.5 Å². The lowest BCUT2D eigenvalue weighted by Crippen LogP contribution is -2.27. The highest BCUT2D eigenvalue weighted by molar-refractivity contribution is 8.04. The highest BCUT2D eigenvalue weighted by Gasteiger charge is 2.39. The van der Waals surface area contributed by atoms with E-state index in [2.05, 4.69) is 10.6 Å². The summed E-state index contributed by atoms with van der Waals surface area (Å²) in [5.74, 6) is 0.404. The van der Waals surface area contributed by atoms with Crippen LogP contribution in [-0.2, 0) is 4.79 Å². The summed E-state index contributed by atoms with van der Waals surface area (Å²) in [7, 11) is 1.62. The second-order valence-corrected chi connectivity index (χ2v) is 11.2. The predicted molar refractivity (Wildman–Crippen MR) is 149 cm³/mol. The third-order valence-corrected chi connectivity index (χ3v) is 8.78. The van der Waals surface area contributed by atoms with Crippen molar-refractivity contribution >= 4 is 40.9 Å². The van der Waals surface area contributed by atoms with Gasteiger partial charge in [-0.05, 0) is 49.2 Å². The zero-order valence-corrected chi connectivity index (χ0v) is 22.4. The van der Waals surface area contributed by atoms with Gasteiger partial charge in [-0.3, -0.25) is 9.59 Å². The molecule has 0 radical (unpaired) electrons. The summed E-state index contributed by atoms with van der Waals surface area (Å²) < 4.78 is 5.24. The van der Waals surface area contributed by atoms with Gasteiger partial charge >= 0.3 is 0 Å². The lowest BCUT2D eigenvalue weighted by atomic mass is 9.86. The molecule has 2 amide bonds. The van der Waals surface area contributed by atoms with Gasteiger partial charge < -0.3 is 15.4 Å². The number of nitrogens with one attached hydrogen (secondary N) is 2. The fourth-order valence-electron chi connectivity index (χ4n) is 5.07. The molecule has 2 aliphatic rings. The Labute approximate surface area is 223 Å². The van der Waals surface area contributed by atoms with Crippen LogP contribution in [0.4, 0.5) is 5.69 Å². The zero-order valence-electron chi connectivity index (χ0n) is 20.9. The van der Waals surface area contributed by atoms with Crippen LogP contribution < -0.4 is 15.4 Å². The van der Waals surface area contributed by atoms with Crippen molar-refractivity contribution in [3.8, 4) is 5.75 Å². The molecule has 2 N–H and O–H groups in total. The van der Waals surface area contributed by atoms with Crippen molar-refractivity contribution in [2.45, 2.75) is 69.5 Å². The topological polar surface area (TPSA) is 67.4 Å². The van der Waals surface area contributed by atoms with E-state index in [-0.39, 0.29) is 23.0 Å². The van der Waals surface area contributed by atoms with Crippen molar-refractivity contribution in [1.82, 2.24) is 5.32 Å². The molecule has 0 bridgehead atoms. The Kier molecular flexibility index (Phi) is 9.76. The van der Waals surface area contributed by atoms with Gasteiger partial charge in [-0.1, -0.05) is 75.1 Å². The molecular weight excluding hydrogens is 492 g/mol. The van der Waals surface area contributed by atoms with Gasteiger partial charge in [0.25, 0.3) is 11.8 Å². The van der Waals surface area contributed by atoms with Crippen molar-refractivity contribution in [3.05, 3.63) is 69.7 Å². The minimum Gasteiger partial charge on any atom is -0.497 e. The number of thioether (sulfide) groups is 1. The highest BCUT2D eigenvalue weighted by Crippen LogP contribution is 2.46. The minimum absolute atomic E-state index is 0.106. The van der Waals surface area contributed by atoms with E-state index in [4.69, 9.17) is 16.3 Å². The summed E-state index contributed by atoms with van der Waals surface area (Å²) in [5.41, 5.74) is 1.80. The van der Waals surface area contributed by atoms with E-state index >= 15 is 0 Å². The number of methoxy groups -OCH3 is 1. The van der Waals surface area contributed by atoms with Crippen molar-refractivity contribution in [2.75, 3.05) is 12.4 Å². The Hall–Kier alpha value is -2.44. The number of halogens is 1. The number of rotatable bonds is 5. The fourth-order valence-corrected chi connectivity index (χ4v) is 6.84. The third-order valence-electron chi connectivity index (χ3n) is 7.03. The molecule has 0 aromatic heterocycles. The Balaban J connectivity index is 1.61. The van der Waals surface area contributed by atoms with Gasteiger partial charge in [-0.25, -0.2) is 0 Å². The van der Waals surface area contributed by atoms with Crippen molar-refractivity contribution in [3.63, 3.8) is 0 Å². The molecule has 1 heterocycles. The molecule has 2 aromatic carbocycles. The molecule has 1 fully saturated rings. The second-order valence-electron chi connectivity index (χ2n) is 9.53. The molecule has 1 aliphatic carbocycles. The maximum Gasteiger partial charge on any atom is 0.257 e. The quantitative estimate of drug-likeness (QED) is 0.421. The Morgan fingerprint density at radius 2 is 1.47 bits per heavy atom. The summed E-state index contributed by atoms with van der Waals surface area (Å²) >= 11 is 7.95. The summed E-state index contributed by atoms with van der Waals surface area (Å²) in [4.78, 5) is 26.9. The van der Waals surface area contributed by atoms with Crippen LogP contribution in [0, 0.1) is 5.92 Å². The van der Waals surface area contributed by atoms with Crippen LogP contribution in [-0.4, -0.2) is 24.2 Å². The van der Waals surface area contributed by atoms with E-state index in [0.29, 0.717) is 26.9 Å². The van der Waals surface area contributed by atoms with Crippen LogP contribution >= 0.6 is 23.4 Å². The van der Waals surface area contributed by atoms with Crippen LogP contribution in [0.5, 0.6) is 5.75 Å². The first kappa shape index (κ1) is 26.6. The van der Waals surface area contributed by atoms with E-state index < -0.39 is 0 Å². The van der Waals surface area contributed by atoms with E-state index in [1.54, 1.807) is 43.1 Å². The zero-order chi connectivity index (χ0) is 25.3. The number of carbonyl (C=O) groups excluding carboxylic acids is 2. The standard InChI is InChI=1S/C29H35ClN2O3S/c1-35-21-18-16-20(17-19-21)31-28(34)26-23-13-8-6-4-2-3-5-7-9-15-25(23)36-29(26)32-27(33)22-12-10-11-14-24(22)30/h10-12,14,16-19,23,25H,2-9,13,15H2,1H3,(H,31,34)(H,32,33). The normalized spacial score (nSPS) is 21.1. The van der Waals surface area contributed by atoms with Crippen LogP contribution in [0.3, 0.4) is 0 Å². The lowest BCUT2D eigenvalue weighted by Gasteiger charge is -2.22. The Bertz CT molecular complexity index is 1090. The number of fused-ring (bicyclic) bond motifs is 1. The van der Waals surface area contributed by atoms with Crippen molar-refractivity contribution in [1.29, 1.82) is 0 Å². The molecular formula is C29H35ClN2O3S. The number of ether oxygens (including phenoxy) is 1. The minimum atomic E-state index is -0.282. The molecule has 2 aromatic rings. The van der Waals surface area contributed by atoms with Gasteiger partial charge in [0.1, 0.15) is 5.75 Å². The van der Waals surface area contributed by atoms with Crippen LogP contribution in [0.25, 0.3) is 0 Å². The van der Waals surface area contributed by atoms with Gasteiger partial charge in [0, 0.05) is 16.9 Å². The number of anilines is 1. The first-order chi connectivity index (χ1) is 17.6. The maximum absolute atomic E-state index is 13.7. The molecule has 2 unspecified atom stereocenters. The van der Waals surface area contributed by atoms with Gasteiger partial charge in [-0.15, -0.1) is 11.8 Å². The molecule has 7 heteroatoms. The number of amides is 2. The Morgan fingerprint density at radius 1 is 0.833 bits per heavy atom. The number of benzene rings is 2. The summed E-state index contributed by atoms with van der Waals surface area (Å²) in [5, 5.41) is 7.47. The summed E-state index contributed by atoms with van der Waals surface area (Å²) in [6, 6.07) is 14.3. The average Bonchev–Trinajstić information content (AvgIpc) is 3.21. The monoisotopic (exact) mass is 526 g/mol. The van der Waals surface area contributed by atoms with Crippen molar-refractivity contribution in [2.24, 2.45) is 5.92 Å². The predicted octanol–water partition coefficient (Wildman–Crippen LogP) is 7.57. The van der Waals surface area contributed by atoms with Crippen molar-refractivity contribution < 1.29 is 14.3 Å². The van der Waals surface area contributed by atoms with Gasteiger partial charge in [0.05, 0.1) is 28.3 Å². The van der Waals surface area contributed by atoms with Gasteiger partial charge in [0.2, 0.25) is 0 Å². The van der Waals surface area contributed by atoms with E-state index in [0.717, 1.165) is 31.4 Å². The second kappa shape index (κ2) is 13.2. The van der Waals surface area contributed by atoms with Gasteiger partial charge in [-0.2, -0.15) is 0 Å². The number of hydrogen-bond donors (Lipinski definition) is 2. The molecule has 4 rings (SSSR count). The third kappa shape index (κ3) is 6.86. The summed E-state index contributed by atoms with van der Waals surface area (Å²) in [6.45, 7) is 0. The van der Waals surface area contributed by atoms with E-state index in [9.17, 15) is 9.59 Å². The SMILES string of the molecule is COc1ccc(NC(=O)C2=C(NC(=O)c3ccccc3Cl)SC3CCCCCCCCCCC23)cc1. The average molecular weight is 527 g/mol. The number of hydrogen-bond acceptors (Lipinski definition) is 4. The molecule has 1 aliphatic heterocycles. The largest absolute Gasteiger partial charge is 0.497 e. The highest BCUT2D eigenvalue weighted by atomic mass is 35.5. The first-order valence-corrected chi connectivity index (χ1v) is 14.2. The van der Waals surface area contributed by atoms with Crippen LogP contribution in [0.1, 0.15) is 74.6 Å². The molecule has 0 saturated heterocycles. The van der Waals surface area contributed by atoms with Crippen LogP contribution in [0.2, 0.25) is 5.02 Å².